The first-order valence-corrected chi connectivity index (χ1v) is 11.7. The van der Waals surface area contributed by atoms with Crippen LogP contribution in [-0.4, -0.2) is 44.5 Å². The van der Waals surface area contributed by atoms with Crippen molar-refractivity contribution in [3.63, 3.8) is 0 Å². The normalized spacial score (nSPS) is 11.0. The summed E-state index contributed by atoms with van der Waals surface area (Å²) in [7, 11) is -3.24. The molecule has 0 rings (SSSR count). The molecule has 0 aromatic heterocycles. The van der Waals surface area contributed by atoms with E-state index in [9.17, 15) is 14.2 Å². The Morgan fingerprint density at radius 1 is 0.750 bits per heavy atom. The minimum absolute atomic E-state index is 0.166. The largest absolute Gasteiger partial charge is 0.462 e. The number of ether oxygens (including phenoxy) is 2. The molecule has 28 heavy (non-hydrogen) atoms. The third-order valence-electron chi connectivity index (χ3n) is 3.76. The molecule has 0 aliphatic carbocycles. The van der Waals surface area contributed by atoms with Crippen LogP contribution in [0.4, 0.5) is 0 Å². The Balaban J connectivity index is 4.24. The maximum Gasteiger partial charge on any atom is 0.330 e. The predicted molar refractivity (Wildman–Crippen MR) is 109 cm³/mol. The van der Waals surface area contributed by atoms with E-state index in [-0.39, 0.29) is 26.4 Å². The molecule has 0 aliphatic heterocycles. The van der Waals surface area contributed by atoms with E-state index < -0.39 is 19.5 Å². The second kappa shape index (κ2) is 17.7. The quantitative estimate of drug-likeness (QED) is 0.129. The predicted octanol–water partition coefficient (Wildman–Crippen LogP) is 4.81. The maximum absolute atomic E-state index is 12.9. The number of unbranched alkanes of at least 4 members (excludes halogenated alkanes) is 5. The van der Waals surface area contributed by atoms with Gasteiger partial charge in [-0.15, -0.1) is 0 Å². The van der Waals surface area contributed by atoms with Crippen molar-refractivity contribution in [3.8, 4) is 0 Å². The summed E-state index contributed by atoms with van der Waals surface area (Å²) in [6.07, 6.45) is 9.75. The van der Waals surface area contributed by atoms with E-state index in [2.05, 4.69) is 20.1 Å². The van der Waals surface area contributed by atoms with Gasteiger partial charge in [-0.2, -0.15) is 0 Å². The zero-order chi connectivity index (χ0) is 21.1. The van der Waals surface area contributed by atoms with Crippen LogP contribution in [0.3, 0.4) is 0 Å². The van der Waals surface area contributed by atoms with Gasteiger partial charge in [0.1, 0.15) is 0 Å². The summed E-state index contributed by atoms with van der Waals surface area (Å²) in [6.45, 7) is 9.47. The molecule has 0 amide bonds. The number of carbonyl (C=O) groups is 2. The Morgan fingerprint density at radius 3 is 1.68 bits per heavy atom. The summed E-state index contributed by atoms with van der Waals surface area (Å²) in [5.74, 6) is -0.999. The van der Waals surface area contributed by atoms with E-state index in [0.717, 1.165) is 31.4 Å². The number of hydrogen-bond donors (Lipinski definition) is 0. The number of hydrogen-bond acceptors (Lipinski definition) is 7. The van der Waals surface area contributed by atoms with E-state index in [1.807, 2.05) is 0 Å². The standard InChI is InChI=1S/C20H35O7P/c1-4-7-8-9-10-11-18-28(23,26-16-12-14-24-19(21)5-2)27-17-13-15-25-20(22)6-3/h5-6H,2-4,7-18H2,1H3. The smallest absolute Gasteiger partial charge is 0.330 e. The van der Waals surface area contributed by atoms with E-state index in [4.69, 9.17) is 18.5 Å². The second-order valence-electron chi connectivity index (χ2n) is 6.22. The molecule has 0 fully saturated rings. The molecule has 0 spiro atoms. The van der Waals surface area contributed by atoms with Gasteiger partial charge in [0, 0.05) is 25.0 Å². The van der Waals surface area contributed by atoms with Gasteiger partial charge in [-0.05, 0) is 6.42 Å². The van der Waals surface area contributed by atoms with Crippen LogP contribution >= 0.6 is 7.60 Å². The lowest BCUT2D eigenvalue weighted by atomic mass is 10.1. The molecule has 0 aromatic rings. The molecule has 0 unspecified atom stereocenters. The van der Waals surface area contributed by atoms with Crippen molar-refractivity contribution in [3.05, 3.63) is 25.3 Å². The molecule has 0 atom stereocenters. The van der Waals surface area contributed by atoms with Gasteiger partial charge in [0.25, 0.3) is 0 Å². The van der Waals surface area contributed by atoms with E-state index in [1.54, 1.807) is 0 Å². The highest BCUT2D eigenvalue weighted by molar-refractivity contribution is 7.53. The van der Waals surface area contributed by atoms with Gasteiger partial charge in [-0.25, -0.2) is 9.59 Å². The van der Waals surface area contributed by atoms with Crippen LogP contribution in [0, 0.1) is 0 Å². The molecular formula is C20H35O7P. The number of esters is 2. The van der Waals surface area contributed by atoms with Crippen LogP contribution in [0.25, 0.3) is 0 Å². The van der Waals surface area contributed by atoms with Crippen molar-refractivity contribution in [1.29, 1.82) is 0 Å². The Labute approximate surface area is 169 Å². The SMILES string of the molecule is C=CC(=O)OCCCOP(=O)(CCCCCCCC)OCCCOC(=O)C=C. The fraction of sp³-hybridized carbons (Fsp3) is 0.700. The fourth-order valence-corrected chi connectivity index (χ4v) is 4.00. The Bertz CT molecular complexity index is 471. The highest BCUT2D eigenvalue weighted by Crippen LogP contribution is 2.49. The molecule has 0 N–H and O–H groups in total. The summed E-state index contributed by atoms with van der Waals surface area (Å²) in [5, 5.41) is 0. The zero-order valence-electron chi connectivity index (χ0n) is 17.1. The minimum atomic E-state index is -3.24. The monoisotopic (exact) mass is 418 g/mol. The average Bonchev–Trinajstić information content (AvgIpc) is 2.69. The number of carbonyl (C=O) groups excluding carboxylic acids is 2. The highest BCUT2D eigenvalue weighted by atomic mass is 31.2. The van der Waals surface area contributed by atoms with Crippen molar-refractivity contribution >= 4 is 19.5 Å². The van der Waals surface area contributed by atoms with Gasteiger partial charge in [0.05, 0.1) is 32.6 Å². The Kier molecular flexibility index (Phi) is 16.8. The molecule has 8 heteroatoms. The lowest BCUT2D eigenvalue weighted by Crippen LogP contribution is -2.09. The molecule has 0 bridgehead atoms. The Hall–Kier alpha value is -1.43. The molecule has 0 aliphatic rings. The second-order valence-corrected chi connectivity index (χ2v) is 8.40. The van der Waals surface area contributed by atoms with Gasteiger partial charge in [0.2, 0.25) is 0 Å². The lowest BCUT2D eigenvalue weighted by Gasteiger charge is -2.18. The first-order chi connectivity index (χ1) is 13.5. The van der Waals surface area contributed by atoms with Crippen LogP contribution in [0.15, 0.2) is 25.3 Å². The van der Waals surface area contributed by atoms with Crippen LogP contribution < -0.4 is 0 Å². The van der Waals surface area contributed by atoms with Crippen molar-refractivity contribution < 1.29 is 32.7 Å². The molecule has 162 valence electrons. The molecule has 0 heterocycles. The van der Waals surface area contributed by atoms with Gasteiger partial charge < -0.3 is 18.5 Å². The summed E-state index contributed by atoms with van der Waals surface area (Å²) < 4.78 is 33.7. The number of rotatable bonds is 19. The van der Waals surface area contributed by atoms with Gasteiger partial charge in [0.15, 0.2) is 0 Å². The summed E-state index contributed by atoms with van der Waals surface area (Å²) in [4.78, 5) is 22.0. The Morgan fingerprint density at radius 2 is 1.21 bits per heavy atom. The van der Waals surface area contributed by atoms with Gasteiger partial charge in [-0.1, -0.05) is 52.2 Å². The third kappa shape index (κ3) is 15.6. The minimum Gasteiger partial charge on any atom is -0.462 e. The van der Waals surface area contributed by atoms with Crippen LogP contribution in [0.5, 0.6) is 0 Å². The summed E-state index contributed by atoms with van der Waals surface area (Å²) in [5.41, 5.74) is 0. The van der Waals surface area contributed by atoms with Crippen molar-refractivity contribution in [2.45, 2.75) is 58.3 Å². The van der Waals surface area contributed by atoms with Gasteiger partial charge in [-0.3, -0.25) is 4.57 Å². The van der Waals surface area contributed by atoms with Gasteiger partial charge >= 0.3 is 19.5 Å². The molecule has 0 saturated heterocycles. The fourth-order valence-electron chi connectivity index (χ4n) is 2.24. The van der Waals surface area contributed by atoms with E-state index >= 15 is 0 Å². The van der Waals surface area contributed by atoms with Crippen molar-refractivity contribution in [2.75, 3.05) is 32.6 Å². The first kappa shape index (κ1) is 26.6. The maximum atomic E-state index is 12.9. The van der Waals surface area contributed by atoms with Crippen molar-refractivity contribution in [1.82, 2.24) is 0 Å². The average molecular weight is 418 g/mol. The summed E-state index contributed by atoms with van der Waals surface area (Å²) >= 11 is 0. The summed E-state index contributed by atoms with van der Waals surface area (Å²) in [6, 6.07) is 0. The van der Waals surface area contributed by atoms with E-state index in [0.29, 0.717) is 19.0 Å². The molecule has 0 saturated carbocycles. The topological polar surface area (TPSA) is 88.1 Å². The third-order valence-corrected chi connectivity index (χ3v) is 5.78. The van der Waals surface area contributed by atoms with Crippen LogP contribution in [0.1, 0.15) is 58.3 Å². The van der Waals surface area contributed by atoms with Crippen molar-refractivity contribution in [2.24, 2.45) is 0 Å². The lowest BCUT2D eigenvalue weighted by molar-refractivity contribution is -0.138. The van der Waals surface area contributed by atoms with Crippen LogP contribution in [0.2, 0.25) is 0 Å². The molecule has 0 aromatic carbocycles. The zero-order valence-corrected chi connectivity index (χ0v) is 18.0. The highest BCUT2D eigenvalue weighted by Gasteiger charge is 2.24. The first-order valence-electron chi connectivity index (χ1n) is 9.94. The molecular weight excluding hydrogens is 383 g/mol. The molecule has 7 nitrogen and oxygen atoms in total. The van der Waals surface area contributed by atoms with Crippen LogP contribution in [-0.2, 0) is 32.7 Å². The van der Waals surface area contributed by atoms with E-state index in [1.165, 1.54) is 19.3 Å². The molecule has 0 radical (unpaired) electrons.